The summed E-state index contributed by atoms with van der Waals surface area (Å²) in [7, 11) is 0. The Morgan fingerprint density at radius 3 is 2.54 bits per heavy atom. The standard InChI is InChI=1S/C17H17FN4O4/c1-2-26-17(23)16(19-11-12-5-3-4-6-15(12)18)21-20-13-7-9-14(10-8-13)22(24)25/h3-10,20H,2,11H2,1H3,(H,19,21). The lowest BCUT2D eigenvalue weighted by molar-refractivity contribution is -0.384. The number of nitrogens with one attached hydrogen (secondary N) is 2. The van der Waals surface area contributed by atoms with Gasteiger partial charge in [0.25, 0.3) is 5.69 Å². The van der Waals surface area contributed by atoms with Crippen molar-refractivity contribution < 1.29 is 18.8 Å². The molecule has 8 nitrogen and oxygen atoms in total. The van der Waals surface area contributed by atoms with Crippen LogP contribution in [0.3, 0.4) is 0 Å². The molecule has 2 aromatic carbocycles. The van der Waals surface area contributed by atoms with Gasteiger partial charge in [-0.2, -0.15) is 0 Å². The van der Waals surface area contributed by atoms with E-state index in [0.29, 0.717) is 11.3 Å². The predicted molar refractivity (Wildman–Crippen MR) is 94.0 cm³/mol. The van der Waals surface area contributed by atoms with Crippen molar-refractivity contribution in [2.24, 2.45) is 4.99 Å². The van der Waals surface area contributed by atoms with Gasteiger partial charge in [-0.25, -0.2) is 9.18 Å². The summed E-state index contributed by atoms with van der Waals surface area (Å²) in [5.41, 5.74) is 6.03. The number of non-ortho nitro benzene ring substituents is 1. The van der Waals surface area contributed by atoms with Crippen LogP contribution in [0.2, 0.25) is 0 Å². The number of aliphatic imine (C=N–C) groups is 1. The van der Waals surface area contributed by atoms with Crippen molar-refractivity contribution in [3.05, 3.63) is 70.0 Å². The largest absolute Gasteiger partial charge is 0.460 e. The second-order valence-electron chi connectivity index (χ2n) is 5.03. The fraction of sp³-hybridized carbons (Fsp3) is 0.176. The van der Waals surface area contributed by atoms with Gasteiger partial charge in [-0.15, -0.1) is 0 Å². The SMILES string of the molecule is CCOC(=O)C(=NCc1ccccc1F)NNc1ccc([N+](=O)[O-])cc1. The summed E-state index contributed by atoms with van der Waals surface area (Å²) < 4.78 is 18.6. The molecular weight excluding hydrogens is 343 g/mol. The summed E-state index contributed by atoms with van der Waals surface area (Å²) in [5.74, 6) is -1.28. The molecule has 0 radical (unpaired) electrons. The Bertz CT molecular complexity index is 809. The molecule has 2 aromatic rings. The molecule has 0 aliphatic rings. The highest BCUT2D eigenvalue weighted by Crippen LogP contribution is 2.14. The van der Waals surface area contributed by atoms with E-state index in [0.717, 1.165) is 0 Å². The Morgan fingerprint density at radius 2 is 1.92 bits per heavy atom. The number of anilines is 1. The summed E-state index contributed by atoms with van der Waals surface area (Å²) in [5, 5.41) is 10.6. The van der Waals surface area contributed by atoms with Crippen LogP contribution in [-0.4, -0.2) is 23.3 Å². The van der Waals surface area contributed by atoms with Crippen LogP contribution in [0, 0.1) is 15.9 Å². The van der Waals surface area contributed by atoms with Crippen molar-refractivity contribution in [3.63, 3.8) is 0 Å². The maximum Gasteiger partial charge on any atom is 0.375 e. The number of nitro benzene ring substituents is 1. The molecule has 9 heteroatoms. The van der Waals surface area contributed by atoms with Crippen molar-refractivity contribution in [3.8, 4) is 0 Å². The number of amidine groups is 1. The molecule has 2 rings (SSSR count). The minimum Gasteiger partial charge on any atom is -0.460 e. The molecular formula is C17H17FN4O4. The van der Waals surface area contributed by atoms with Crippen LogP contribution in [0.5, 0.6) is 0 Å². The number of benzene rings is 2. The normalized spacial score (nSPS) is 10.9. The Labute approximate surface area is 148 Å². The van der Waals surface area contributed by atoms with Gasteiger partial charge in [-0.3, -0.25) is 26.0 Å². The molecule has 2 N–H and O–H groups in total. The maximum absolute atomic E-state index is 13.7. The number of ether oxygens (including phenoxy) is 1. The molecule has 0 fully saturated rings. The first-order valence-electron chi connectivity index (χ1n) is 7.72. The predicted octanol–water partition coefficient (Wildman–Crippen LogP) is 2.81. The van der Waals surface area contributed by atoms with E-state index in [4.69, 9.17) is 4.74 Å². The molecule has 0 saturated carbocycles. The van der Waals surface area contributed by atoms with Crippen LogP contribution in [0.15, 0.2) is 53.5 Å². The number of hydrazine groups is 1. The lowest BCUT2D eigenvalue weighted by Crippen LogP contribution is -2.37. The highest BCUT2D eigenvalue weighted by molar-refractivity contribution is 6.35. The molecule has 0 aliphatic heterocycles. The second-order valence-corrected chi connectivity index (χ2v) is 5.03. The van der Waals surface area contributed by atoms with Gasteiger partial charge >= 0.3 is 5.97 Å². The number of carbonyl (C=O) groups is 1. The molecule has 0 unspecified atom stereocenters. The van der Waals surface area contributed by atoms with Gasteiger partial charge in [-0.1, -0.05) is 18.2 Å². The molecule has 0 aliphatic carbocycles. The van der Waals surface area contributed by atoms with Crippen LogP contribution in [0.4, 0.5) is 15.8 Å². The third-order valence-corrected chi connectivity index (χ3v) is 3.24. The van der Waals surface area contributed by atoms with Crippen molar-refractivity contribution >= 4 is 23.2 Å². The van der Waals surface area contributed by atoms with Gasteiger partial charge in [0.1, 0.15) is 5.82 Å². The first-order chi connectivity index (χ1) is 12.5. The van der Waals surface area contributed by atoms with Crippen molar-refractivity contribution in [1.82, 2.24) is 5.43 Å². The van der Waals surface area contributed by atoms with Gasteiger partial charge in [0.15, 0.2) is 0 Å². The monoisotopic (exact) mass is 360 g/mol. The van der Waals surface area contributed by atoms with E-state index in [9.17, 15) is 19.3 Å². The van der Waals surface area contributed by atoms with E-state index >= 15 is 0 Å². The Morgan fingerprint density at radius 1 is 1.23 bits per heavy atom. The fourth-order valence-corrected chi connectivity index (χ4v) is 1.94. The lowest BCUT2D eigenvalue weighted by atomic mass is 10.2. The summed E-state index contributed by atoms with van der Waals surface area (Å²) in [4.78, 5) is 26.2. The van der Waals surface area contributed by atoms with Crippen LogP contribution in [0.25, 0.3) is 0 Å². The minimum absolute atomic E-state index is 0.0598. The summed E-state index contributed by atoms with van der Waals surface area (Å²) >= 11 is 0. The van der Waals surface area contributed by atoms with Gasteiger partial charge in [0.05, 0.1) is 23.8 Å². The summed E-state index contributed by atoms with van der Waals surface area (Å²) in [6.07, 6.45) is 0. The molecule has 26 heavy (non-hydrogen) atoms. The van der Waals surface area contributed by atoms with E-state index < -0.39 is 16.7 Å². The second kappa shape index (κ2) is 9.11. The van der Waals surface area contributed by atoms with E-state index in [1.165, 1.54) is 30.3 Å². The first-order valence-corrected chi connectivity index (χ1v) is 7.72. The average molecular weight is 360 g/mol. The molecule has 0 spiro atoms. The first kappa shape index (κ1) is 18.8. The van der Waals surface area contributed by atoms with Gasteiger partial charge in [-0.05, 0) is 25.1 Å². The van der Waals surface area contributed by atoms with E-state index in [2.05, 4.69) is 15.8 Å². The summed E-state index contributed by atoms with van der Waals surface area (Å²) in [6.45, 7) is 1.74. The average Bonchev–Trinajstić information content (AvgIpc) is 2.63. The number of nitrogens with zero attached hydrogens (tertiary/aromatic N) is 2. The van der Waals surface area contributed by atoms with Crippen LogP contribution in [-0.2, 0) is 16.1 Å². The molecule has 0 amide bonds. The zero-order chi connectivity index (χ0) is 18.9. The van der Waals surface area contributed by atoms with Gasteiger partial charge in [0.2, 0.25) is 5.84 Å². The maximum atomic E-state index is 13.7. The minimum atomic E-state index is -0.710. The van der Waals surface area contributed by atoms with E-state index in [1.54, 1.807) is 25.1 Å². The molecule has 136 valence electrons. The third-order valence-electron chi connectivity index (χ3n) is 3.24. The molecule has 0 atom stereocenters. The van der Waals surface area contributed by atoms with Crippen LogP contribution in [0.1, 0.15) is 12.5 Å². The van der Waals surface area contributed by atoms with E-state index in [1.807, 2.05) is 0 Å². The molecule has 0 aromatic heterocycles. The molecule has 0 saturated heterocycles. The number of halogens is 1. The quantitative estimate of drug-likeness (QED) is 0.270. The Hall–Kier alpha value is -3.49. The number of hydrogen-bond acceptors (Lipinski definition) is 6. The number of hydrogen-bond donors (Lipinski definition) is 2. The topological polar surface area (TPSA) is 106 Å². The van der Waals surface area contributed by atoms with Gasteiger partial charge in [0, 0.05) is 17.7 Å². The number of nitro groups is 1. The zero-order valence-electron chi connectivity index (χ0n) is 13.9. The molecule has 0 bridgehead atoms. The van der Waals surface area contributed by atoms with Gasteiger partial charge < -0.3 is 4.74 Å². The highest BCUT2D eigenvalue weighted by Gasteiger charge is 2.13. The third kappa shape index (κ3) is 5.26. The number of carbonyl (C=O) groups excluding carboxylic acids is 1. The number of rotatable bonds is 6. The zero-order valence-corrected chi connectivity index (χ0v) is 13.9. The van der Waals surface area contributed by atoms with Crippen molar-refractivity contribution in [2.75, 3.05) is 12.0 Å². The fourth-order valence-electron chi connectivity index (χ4n) is 1.94. The number of esters is 1. The van der Waals surface area contributed by atoms with Crippen LogP contribution < -0.4 is 10.9 Å². The van der Waals surface area contributed by atoms with E-state index in [-0.39, 0.29) is 24.7 Å². The smallest absolute Gasteiger partial charge is 0.375 e. The van der Waals surface area contributed by atoms with Crippen molar-refractivity contribution in [1.29, 1.82) is 0 Å². The molecule has 0 heterocycles. The Balaban J connectivity index is 2.09. The Kier molecular flexibility index (Phi) is 6.60. The van der Waals surface area contributed by atoms with Crippen molar-refractivity contribution in [2.45, 2.75) is 13.5 Å². The summed E-state index contributed by atoms with van der Waals surface area (Å²) in [6, 6.07) is 11.6. The highest BCUT2D eigenvalue weighted by atomic mass is 19.1. The lowest BCUT2D eigenvalue weighted by Gasteiger charge is -2.11. The van der Waals surface area contributed by atoms with Crippen LogP contribution >= 0.6 is 0 Å².